The minimum absolute atomic E-state index is 0.126. The topological polar surface area (TPSA) is 128 Å². The highest BCUT2D eigenvalue weighted by Gasteiger charge is 2.13. The molecule has 0 aliphatic heterocycles. The summed E-state index contributed by atoms with van der Waals surface area (Å²) in [5.74, 6) is -0.706. The lowest BCUT2D eigenvalue weighted by molar-refractivity contribution is -0.120. The minimum Gasteiger partial charge on any atom is -0.504 e. The molecule has 134 valence electrons. The van der Waals surface area contributed by atoms with Crippen molar-refractivity contribution in [3.8, 4) is 11.5 Å². The van der Waals surface area contributed by atoms with Crippen LogP contribution in [-0.4, -0.2) is 32.3 Å². The lowest BCUT2D eigenvalue weighted by Crippen LogP contribution is -2.23. The Kier molecular flexibility index (Phi) is 4.72. The van der Waals surface area contributed by atoms with Gasteiger partial charge in [0, 0.05) is 4.88 Å². The van der Waals surface area contributed by atoms with Crippen molar-refractivity contribution in [1.82, 2.24) is 15.4 Å². The number of fused-ring (bicyclic) bond motifs is 1. The molecular formula is C17H16N4O4S. The number of carbonyl (C=O) groups excluding carboxylic acids is 1. The van der Waals surface area contributed by atoms with Crippen molar-refractivity contribution in [2.24, 2.45) is 5.10 Å². The van der Waals surface area contributed by atoms with Gasteiger partial charge in [0.2, 0.25) is 5.91 Å². The Morgan fingerprint density at radius 2 is 2.12 bits per heavy atom. The predicted octanol–water partition coefficient (Wildman–Crippen LogP) is 1.71. The number of hydrazone groups is 1. The van der Waals surface area contributed by atoms with E-state index in [1.165, 1.54) is 35.8 Å². The van der Waals surface area contributed by atoms with Crippen molar-refractivity contribution >= 4 is 33.7 Å². The van der Waals surface area contributed by atoms with Gasteiger partial charge < -0.3 is 15.2 Å². The monoisotopic (exact) mass is 372 g/mol. The zero-order valence-corrected chi connectivity index (χ0v) is 14.8. The Balaban J connectivity index is 1.70. The van der Waals surface area contributed by atoms with Crippen LogP contribution in [0.15, 0.2) is 28.1 Å². The number of aromatic nitrogens is 2. The van der Waals surface area contributed by atoms with Crippen molar-refractivity contribution < 1.29 is 15.0 Å². The predicted molar refractivity (Wildman–Crippen MR) is 98.9 cm³/mol. The summed E-state index contributed by atoms with van der Waals surface area (Å²) in [7, 11) is 0. The van der Waals surface area contributed by atoms with Crippen LogP contribution in [0.2, 0.25) is 0 Å². The van der Waals surface area contributed by atoms with Crippen molar-refractivity contribution in [3.63, 3.8) is 0 Å². The molecule has 3 rings (SSSR count). The summed E-state index contributed by atoms with van der Waals surface area (Å²) in [6.07, 6.45) is 1.20. The highest BCUT2D eigenvalue weighted by Crippen LogP contribution is 2.25. The number of hydrogen-bond donors (Lipinski definition) is 4. The number of phenols is 2. The Morgan fingerprint density at radius 3 is 2.85 bits per heavy atom. The maximum atomic E-state index is 12.2. The first-order chi connectivity index (χ1) is 12.3. The van der Waals surface area contributed by atoms with Crippen LogP contribution >= 0.6 is 11.3 Å². The molecule has 0 spiro atoms. The molecule has 8 nitrogen and oxygen atoms in total. The van der Waals surface area contributed by atoms with E-state index >= 15 is 0 Å². The van der Waals surface area contributed by atoms with Gasteiger partial charge in [-0.3, -0.25) is 9.59 Å². The summed E-state index contributed by atoms with van der Waals surface area (Å²) in [5, 5.41) is 23.0. The number of aryl methyl sites for hydroxylation is 2. The maximum absolute atomic E-state index is 12.2. The standard InChI is InChI=1S/C17H16N4O4S/c1-8-9(2)26-17-15(8)16(25)19-13(20-17)6-14(24)21-18-7-10-3-4-11(22)12(23)5-10/h3-5,7,22-23H,6H2,1-2H3,(H,21,24)(H,19,20,25)/b18-7+. The molecule has 0 aliphatic carbocycles. The van der Waals surface area contributed by atoms with E-state index in [1.54, 1.807) is 0 Å². The molecule has 0 atom stereocenters. The Labute approximate surface area is 151 Å². The number of thiophene rings is 1. The summed E-state index contributed by atoms with van der Waals surface area (Å²) in [6, 6.07) is 4.14. The lowest BCUT2D eigenvalue weighted by Gasteiger charge is -2.01. The van der Waals surface area contributed by atoms with Crippen LogP contribution in [0.5, 0.6) is 11.5 Å². The average Bonchev–Trinajstić information content (AvgIpc) is 2.85. The van der Waals surface area contributed by atoms with Crippen LogP contribution in [0.1, 0.15) is 21.8 Å². The first-order valence-electron chi connectivity index (χ1n) is 7.68. The van der Waals surface area contributed by atoms with Gasteiger partial charge >= 0.3 is 0 Å². The van der Waals surface area contributed by atoms with Crippen LogP contribution in [0.3, 0.4) is 0 Å². The number of H-pyrrole nitrogens is 1. The van der Waals surface area contributed by atoms with E-state index in [9.17, 15) is 19.8 Å². The summed E-state index contributed by atoms with van der Waals surface area (Å²) in [6.45, 7) is 3.79. The van der Waals surface area contributed by atoms with Crippen molar-refractivity contribution in [3.05, 3.63) is 50.4 Å². The first-order valence-corrected chi connectivity index (χ1v) is 8.49. The lowest BCUT2D eigenvalue weighted by atomic mass is 10.2. The number of aromatic hydroxyl groups is 2. The van der Waals surface area contributed by atoms with Crippen LogP contribution in [0, 0.1) is 13.8 Å². The van der Waals surface area contributed by atoms with Crippen molar-refractivity contribution in [1.29, 1.82) is 0 Å². The second-order valence-electron chi connectivity index (χ2n) is 5.69. The Bertz CT molecular complexity index is 1080. The second-order valence-corrected chi connectivity index (χ2v) is 6.90. The minimum atomic E-state index is -0.447. The molecule has 2 heterocycles. The number of benzene rings is 1. The third kappa shape index (κ3) is 3.57. The van der Waals surface area contributed by atoms with Gasteiger partial charge in [0.05, 0.1) is 18.0 Å². The van der Waals surface area contributed by atoms with Gasteiger partial charge in [0.1, 0.15) is 10.7 Å². The summed E-state index contributed by atoms with van der Waals surface area (Å²) in [4.78, 5) is 32.7. The normalized spacial score (nSPS) is 11.3. The van der Waals surface area contributed by atoms with E-state index in [4.69, 9.17) is 0 Å². The molecule has 0 aliphatic rings. The summed E-state index contributed by atoms with van der Waals surface area (Å²) in [5.41, 5.74) is 3.46. The molecule has 1 amide bonds. The quantitative estimate of drug-likeness (QED) is 0.315. The Morgan fingerprint density at radius 1 is 1.35 bits per heavy atom. The van der Waals surface area contributed by atoms with Crippen molar-refractivity contribution in [2.45, 2.75) is 20.3 Å². The van der Waals surface area contributed by atoms with Gasteiger partial charge in [-0.05, 0) is 43.2 Å². The van der Waals surface area contributed by atoms with Crippen LogP contribution in [0.4, 0.5) is 0 Å². The van der Waals surface area contributed by atoms with E-state index in [2.05, 4.69) is 20.5 Å². The zero-order valence-electron chi connectivity index (χ0n) is 14.0. The molecule has 0 saturated carbocycles. The number of rotatable bonds is 4. The molecule has 0 saturated heterocycles. The van der Waals surface area contributed by atoms with Crippen LogP contribution in [0.25, 0.3) is 10.2 Å². The summed E-state index contributed by atoms with van der Waals surface area (Å²) >= 11 is 1.42. The van der Waals surface area contributed by atoms with Crippen LogP contribution in [-0.2, 0) is 11.2 Å². The third-order valence-corrected chi connectivity index (χ3v) is 4.92. The molecule has 0 bridgehead atoms. The van der Waals surface area contributed by atoms with E-state index < -0.39 is 5.91 Å². The van der Waals surface area contributed by atoms with Gasteiger partial charge in [-0.1, -0.05) is 0 Å². The second kappa shape index (κ2) is 6.96. The van der Waals surface area contributed by atoms with Gasteiger partial charge in [0.25, 0.3) is 5.56 Å². The molecule has 0 radical (unpaired) electrons. The molecule has 2 aromatic heterocycles. The molecule has 9 heteroatoms. The Hall–Kier alpha value is -3.20. The van der Waals surface area contributed by atoms with E-state index in [-0.39, 0.29) is 29.3 Å². The highest BCUT2D eigenvalue weighted by molar-refractivity contribution is 7.18. The third-order valence-electron chi connectivity index (χ3n) is 3.82. The molecule has 4 N–H and O–H groups in total. The van der Waals surface area contributed by atoms with E-state index in [0.29, 0.717) is 15.8 Å². The largest absolute Gasteiger partial charge is 0.504 e. The highest BCUT2D eigenvalue weighted by atomic mass is 32.1. The SMILES string of the molecule is Cc1sc2nc(CC(=O)N/N=C/c3ccc(O)c(O)c3)[nH]c(=O)c2c1C. The molecule has 26 heavy (non-hydrogen) atoms. The van der Waals surface area contributed by atoms with Crippen molar-refractivity contribution in [2.75, 3.05) is 0 Å². The smallest absolute Gasteiger partial charge is 0.259 e. The van der Waals surface area contributed by atoms with E-state index in [1.807, 2.05) is 13.8 Å². The fraction of sp³-hybridized carbons (Fsp3) is 0.176. The maximum Gasteiger partial charge on any atom is 0.259 e. The zero-order chi connectivity index (χ0) is 18.8. The number of nitrogens with zero attached hydrogens (tertiary/aromatic N) is 2. The van der Waals surface area contributed by atoms with E-state index in [0.717, 1.165) is 10.4 Å². The van der Waals surface area contributed by atoms with Gasteiger partial charge in [0.15, 0.2) is 11.5 Å². The number of hydrogen-bond acceptors (Lipinski definition) is 7. The summed E-state index contributed by atoms with van der Waals surface area (Å²) < 4.78 is 0. The molecule has 1 aromatic carbocycles. The van der Waals surface area contributed by atoms with Gasteiger partial charge in [-0.2, -0.15) is 5.10 Å². The molecule has 0 fully saturated rings. The van der Waals surface area contributed by atoms with Gasteiger partial charge in [-0.25, -0.2) is 10.4 Å². The van der Waals surface area contributed by atoms with Crippen LogP contribution < -0.4 is 11.0 Å². The number of aromatic amines is 1. The fourth-order valence-electron chi connectivity index (χ4n) is 2.37. The fourth-order valence-corrected chi connectivity index (χ4v) is 3.42. The molecular weight excluding hydrogens is 356 g/mol. The average molecular weight is 372 g/mol. The first kappa shape index (κ1) is 17.6. The molecule has 0 unspecified atom stereocenters. The van der Waals surface area contributed by atoms with Gasteiger partial charge in [-0.15, -0.1) is 11.3 Å². The molecule has 3 aromatic rings. The number of carbonyl (C=O) groups is 1. The number of nitrogens with one attached hydrogen (secondary N) is 2. The number of phenolic OH excluding ortho intramolecular Hbond substituents is 2. The number of amides is 1.